The molecule has 0 saturated heterocycles. The van der Waals surface area contributed by atoms with Crippen LogP contribution in [0.5, 0.6) is 0 Å². The van der Waals surface area contributed by atoms with Gasteiger partial charge in [-0.3, -0.25) is 9.59 Å². The molecule has 150 valence electrons. The van der Waals surface area contributed by atoms with Gasteiger partial charge in [0.15, 0.2) is 0 Å². The second kappa shape index (κ2) is 8.99. The van der Waals surface area contributed by atoms with Crippen LogP contribution in [0.15, 0.2) is 47.4 Å². The maximum atomic E-state index is 12.5. The molecule has 4 N–H and O–H groups in total. The lowest BCUT2D eigenvalue weighted by atomic mass is 10.1. The maximum absolute atomic E-state index is 12.5. The van der Waals surface area contributed by atoms with Gasteiger partial charge in [0.1, 0.15) is 0 Å². The van der Waals surface area contributed by atoms with E-state index in [4.69, 9.17) is 5.14 Å². The SMILES string of the molecule is CCC(C)C(=O)Nc1cccc(CNC(=O)c2cc(S(N)(=O)=O)ccc2C)c1. The van der Waals surface area contributed by atoms with Crippen molar-refractivity contribution >= 4 is 27.5 Å². The highest BCUT2D eigenvalue weighted by atomic mass is 32.2. The molecule has 2 amide bonds. The minimum absolute atomic E-state index is 0.0564. The average molecular weight is 404 g/mol. The zero-order valence-corrected chi connectivity index (χ0v) is 17.0. The van der Waals surface area contributed by atoms with Crippen LogP contribution >= 0.6 is 0 Å². The van der Waals surface area contributed by atoms with E-state index in [1.54, 1.807) is 31.2 Å². The maximum Gasteiger partial charge on any atom is 0.251 e. The molecule has 0 radical (unpaired) electrons. The lowest BCUT2D eigenvalue weighted by molar-refractivity contribution is -0.119. The second-order valence-electron chi connectivity index (χ2n) is 6.70. The van der Waals surface area contributed by atoms with Crippen LogP contribution in [-0.4, -0.2) is 20.2 Å². The zero-order valence-electron chi connectivity index (χ0n) is 16.2. The Labute approximate surface area is 165 Å². The number of hydrogen-bond donors (Lipinski definition) is 3. The highest BCUT2D eigenvalue weighted by molar-refractivity contribution is 7.89. The molecule has 0 aromatic heterocycles. The van der Waals surface area contributed by atoms with Crippen LogP contribution in [0, 0.1) is 12.8 Å². The van der Waals surface area contributed by atoms with E-state index in [0.717, 1.165) is 12.0 Å². The number of primary sulfonamides is 1. The summed E-state index contributed by atoms with van der Waals surface area (Å²) in [5.74, 6) is -0.548. The Balaban J connectivity index is 2.09. The fraction of sp³-hybridized carbons (Fsp3) is 0.300. The van der Waals surface area contributed by atoms with Crippen molar-refractivity contribution in [3.63, 3.8) is 0 Å². The van der Waals surface area contributed by atoms with Crippen LogP contribution in [0.25, 0.3) is 0 Å². The summed E-state index contributed by atoms with van der Waals surface area (Å²) in [4.78, 5) is 24.4. The van der Waals surface area contributed by atoms with E-state index in [1.165, 1.54) is 12.1 Å². The minimum atomic E-state index is -3.89. The third-order valence-corrected chi connectivity index (χ3v) is 5.40. The van der Waals surface area contributed by atoms with E-state index in [1.807, 2.05) is 19.9 Å². The van der Waals surface area contributed by atoms with Crippen molar-refractivity contribution in [2.75, 3.05) is 5.32 Å². The number of benzene rings is 2. The molecule has 8 heteroatoms. The molecule has 1 atom stereocenters. The summed E-state index contributed by atoms with van der Waals surface area (Å²) in [6.45, 7) is 5.75. The summed E-state index contributed by atoms with van der Waals surface area (Å²) in [7, 11) is -3.89. The van der Waals surface area contributed by atoms with Crippen LogP contribution in [0.1, 0.15) is 41.8 Å². The number of sulfonamides is 1. The first-order valence-electron chi connectivity index (χ1n) is 8.93. The van der Waals surface area contributed by atoms with E-state index in [9.17, 15) is 18.0 Å². The van der Waals surface area contributed by atoms with Crippen LogP contribution < -0.4 is 15.8 Å². The molecule has 0 saturated carbocycles. The summed E-state index contributed by atoms with van der Waals surface area (Å²) in [5.41, 5.74) is 2.34. The smallest absolute Gasteiger partial charge is 0.251 e. The van der Waals surface area contributed by atoms with Gasteiger partial charge in [-0.2, -0.15) is 0 Å². The van der Waals surface area contributed by atoms with Gasteiger partial charge in [-0.1, -0.05) is 32.0 Å². The molecule has 0 heterocycles. The standard InChI is InChI=1S/C20H25N3O4S/c1-4-13(2)19(24)23-16-7-5-6-15(10-16)12-22-20(25)18-11-17(28(21,26)27)9-8-14(18)3/h5-11,13H,4,12H2,1-3H3,(H,22,25)(H,23,24)(H2,21,26,27). The topological polar surface area (TPSA) is 118 Å². The van der Waals surface area contributed by atoms with E-state index >= 15 is 0 Å². The molecule has 0 aliphatic carbocycles. The predicted molar refractivity (Wildman–Crippen MR) is 108 cm³/mol. The van der Waals surface area contributed by atoms with Crippen LogP contribution in [0.4, 0.5) is 5.69 Å². The van der Waals surface area contributed by atoms with Crippen molar-refractivity contribution in [2.24, 2.45) is 11.1 Å². The first kappa shape index (κ1) is 21.6. The number of amides is 2. The molecule has 0 aliphatic rings. The fourth-order valence-corrected chi connectivity index (χ4v) is 3.05. The molecule has 0 bridgehead atoms. The third kappa shape index (κ3) is 5.64. The van der Waals surface area contributed by atoms with E-state index in [2.05, 4.69) is 10.6 Å². The van der Waals surface area contributed by atoms with Gasteiger partial charge in [-0.25, -0.2) is 13.6 Å². The van der Waals surface area contributed by atoms with E-state index < -0.39 is 15.9 Å². The number of hydrogen-bond acceptors (Lipinski definition) is 4. The van der Waals surface area contributed by atoms with Crippen molar-refractivity contribution in [2.45, 2.75) is 38.6 Å². The molecule has 2 aromatic rings. The largest absolute Gasteiger partial charge is 0.348 e. The third-order valence-electron chi connectivity index (χ3n) is 4.49. The van der Waals surface area contributed by atoms with E-state index in [0.29, 0.717) is 11.3 Å². The number of rotatable bonds is 7. The molecular formula is C20H25N3O4S. The summed E-state index contributed by atoms with van der Waals surface area (Å²) >= 11 is 0. The van der Waals surface area contributed by atoms with Crippen molar-refractivity contribution in [1.82, 2.24) is 5.32 Å². The Hall–Kier alpha value is -2.71. The Morgan fingerprint density at radius 1 is 1.14 bits per heavy atom. The number of anilines is 1. The molecule has 0 spiro atoms. The van der Waals surface area contributed by atoms with Crippen molar-refractivity contribution in [1.29, 1.82) is 0 Å². The van der Waals surface area contributed by atoms with Crippen molar-refractivity contribution in [3.8, 4) is 0 Å². The van der Waals surface area contributed by atoms with Gasteiger partial charge >= 0.3 is 0 Å². The first-order valence-corrected chi connectivity index (χ1v) is 10.5. The van der Waals surface area contributed by atoms with Gasteiger partial charge in [0, 0.05) is 23.7 Å². The monoisotopic (exact) mass is 403 g/mol. The quantitative estimate of drug-likeness (QED) is 0.658. The Morgan fingerprint density at radius 3 is 2.50 bits per heavy atom. The lowest BCUT2D eigenvalue weighted by Crippen LogP contribution is -2.24. The summed E-state index contributed by atoms with van der Waals surface area (Å²) in [6.07, 6.45) is 0.749. The van der Waals surface area contributed by atoms with Gasteiger partial charge < -0.3 is 10.6 Å². The number of carbonyl (C=O) groups excluding carboxylic acids is 2. The predicted octanol–water partition coefficient (Wildman–Crippen LogP) is 2.56. The Morgan fingerprint density at radius 2 is 1.86 bits per heavy atom. The Bertz CT molecular complexity index is 987. The molecule has 2 rings (SSSR count). The van der Waals surface area contributed by atoms with E-state index in [-0.39, 0.29) is 28.8 Å². The number of nitrogens with one attached hydrogen (secondary N) is 2. The van der Waals surface area contributed by atoms with Gasteiger partial charge in [-0.05, 0) is 48.7 Å². The molecule has 28 heavy (non-hydrogen) atoms. The van der Waals surface area contributed by atoms with Crippen LogP contribution in [0.2, 0.25) is 0 Å². The summed E-state index contributed by atoms with van der Waals surface area (Å²) in [6, 6.07) is 11.4. The Kier molecular flexibility index (Phi) is 6.93. The molecule has 2 aromatic carbocycles. The van der Waals surface area contributed by atoms with Gasteiger partial charge in [0.2, 0.25) is 15.9 Å². The molecule has 0 fully saturated rings. The normalized spacial score (nSPS) is 12.3. The first-order chi connectivity index (χ1) is 13.1. The van der Waals surface area contributed by atoms with Gasteiger partial charge in [0.25, 0.3) is 5.91 Å². The molecule has 1 unspecified atom stereocenters. The summed E-state index contributed by atoms with van der Waals surface area (Å²) in [5, 5.41) is 10.7. The van der Waals surface area contributed by atoms with Crippen LogP contribution in [0.3, 0.4) is 0 Å². The highest BCUT2D eigenvalue weighted by Gasteiger charge is 2.15. The second-order valence-corrected chi connectivity index (χ2v) is 8.26. The molecule has 0 aliphatic heterocycles. The van der Waals surface area contributed by atoms with Crippen molar-refractivity contribution < 1.29 is 18.0 Å². The number of nitrogens with two attached hydrogens (primary N) is 1. The fourth-order valence-electron chi connectivity index (χ4n) is 2.51. The van der Waals surface area contributed by atoms with Crippen LogP contribution in [-0.2, 0) is 21.4 Å². The average Bonchev–Trinajstić information content (AvgIpc) is 2.65. The number of aryl methyl sites for hydroxylation is 1. The number of carbonyl (C=O) groups is 2. The van der Waals surface area contributed by atoms with Gasteiger partial charge in [-0.15, -0.1) is 0 Å². The highest BCUT2D eigenvalue weighted by Crippen LogP contribution is 2.16. The molecule has 7 nitrogen and oxygen atoms in total. The lowest BCUT2D eigenvalue weighted by Gasteiger charge is -2.12. The van der Waals surface area contributed by atoms with Crippen molar-refractivity contribution in [3.05, 3.63) is 59.2 Å². The minimum Gasteiger partial charge on any atom is -0.348 e. The summed E-state index contributed by atoms with van der Waals surface area (Å²) < 4.78 is 23.0. The molecular weight excluding hydrogens is 378 g/mol. The zero-order chi connectivity index (χ0) is 20.9. The van der Waals surface area contributed by atoms with Gasteiger partial charge in [0.05, 0.1) is 4.90 Å².